The number of hydrogen-bond acceptors (Lipinski definition) is 6. The second kappa shape index (κ2) is 13.3. The number of fused-ring (bicyclic) bond motifs is 2. The molecule has 1 N–H and O–H groups in total. The normalized spacial score (nSPS) is 20.8. The maximum absolute atomic E-state index is 13.4. The summed E-state index contributed by atoms with van der Waals surface area (Å²) in [6.45, 7) is 0.866. The quantitative estimate of drug-likeness (QED) is 0.180. The predicted octanol–water partition coefficient (Wildman–Crippen LogP) is 8.28. The fourth-order valence-corrected chi connectivity index (χ4v) is 6.90. The van der Waals surface area contributed by atoms with Crippen LogP contribution in [0.4, 0.5) is 5.69 Å². The molecule has 1 aromatic heterocycles. The van der Waals surface area contributed by atoms with Gasteiger partial charge in [0.1, 0.15) is 11.3 Å². The van der Waals surface area contributed by atoms with Gasteiger partial charge in [0, 0.05) is 27.9 Å². The summed E-state index contributed by atoms with van der Waals surface area (Å²) in [6, 6.07) is 29.9. The minimum Gasteiger partial charge on any atom is -0.497 e. The van der Waals surface area contributed by atoms with Crippen LogP contribution in [0.3, 0.4) is 0 Å². The first kappa shape index (κ1) is 30.6. The van der Waals surface area contributed by atoms with Crippen molar-refractivity contribution in [2.75, 3.05) is 26.1 Å². The Morgan fingerprint density at radius 2 is 1.71 bits per heavy atom. The van der Waals surface area contributed by atoms with E-state index in [1.807, 2.05) is 72.9 Å². The van der Waals surface area contributed by atoms with Crippen molar-refractivity contribution in [2.45, 2.75) is 43.2 Å². The highest BCUT2D eigenvalue weighted by molar-refractivity contribution is 6.30. The molecule has 4 aromatic rings. The molecule has 0 radical (unpaired) electrons. The SMILES string of the molecule is COC(=O)C1(Nc2cccc(Cl)c2)CCC2(CC1)C(/C=C(/COCc1ccc(OC)cc1)c1ccccn1)=Cc1ccccc12. The molecule has 2 aliphatic rings. The molecule has 1 heterocycles. The smallest absolute Gasteiger partial charge is 0.331 e. The van der Waals surface area contributed by atoms with Gasteiger partial charge in [-0.3, -0.25) is 4.98 Å². The third-order valence-corrected chi connectivity index (χ3v) is 9.33. The van der Waals surface area contributed by atoms with Crippen molar-refractivity contribution in [3.05, 3.63) is 136 Å². The van der Waals surface area contributed by atoms with E-state index in [4.69, 9.17) is 25.8 Å². The van der Waals surface area contributed by atoms with E-state index in [1.54, 1.807) is 7.11 Å². The summed E-state index contributed by atoms with van der Waals surface area (Å²) >= 11 is 6.29. The van der Waals surface area contributed by atoms with Crippen LogP contribution in [-0.2, 0) is 26.3 Å². The molecule has 1 fully saturated rings. The maximum Gasteiger partial charge on any atom is 0.331 e. The monoisotopic (exact) mass is 620 g/mol. The number of carbonyl (C=O) groups is 1. The van der Waals surface area contributed by atoms with Crippen LogP contribution in [0.25, 0.3) is 11.6 Å². The molecule has 0 aliphatic heterocycles. The van der Waals surface area contributed by atoms with Crippen molar-refractivity contribution < 1.29 is 19.0 Å². The third kappa shape index (κ3) is 6.39. The average Bonchev–Trinajstić information content (AvgIpc) is 3.38. The Bertz CT molecular complexity index is 1710. The molecule has 1 spiro atoms. The molecule has 0 unspecified atom stereocenters. The second-order valence-electron chi connectivity index (χ2n) is 11.7. The molecular formula is C38H37ClN2O4. The number of hydrogen-bond donors (Lipinski definition) is 1. The number of halogens is 1. The number of nitrogens with one attached hydrogen (secondary N) is 1. The first-order chi connectivity index (χ1) is 21.9. The number of methoxy groups -OCH3 is 2. The van der Waals surface area contributed by atoms with Crippen LogP contribution < -0.4 is 10.1 Å². The number of benzene rings is 3. The number of anilines is 1. The first-order valence-corrected chi connectivity index (χ1v) is 15.6. The highest BCUT2D eigenvalue weighted by Crippen LogP contribution is 2.54. The standard InChI is InChI=1S/C38H37ClN2O4/c1-43-33-15-13-27(14-16-33)25-45-26-29(35-12-5-6-21-40-35)23-30-22-28-8-3-4-11-34(28)37(30)17-19-38(20-18-37,36(42)44-2)41-32-10-7-9-31(39)24-32/h3-16,21-24,41H,17-20,25-26H2,1-2H3/b29-23-. The zero-order chi connectivity index (χ0) is 31.3. The zero-order valence-electron chi connectivity index (χ0n) is 25.6. The van der Waals surface area contributed by atoms with Crippen LogP contribution in [0, 0.1) is 0 Å². The number of ether oxygens (including phenoxy) is 3. The van der Waals surface area contributed by atoms with Crippen LogP contribution in [0.5, 0.6) is 5.75 Å². The van der Waals surface area contributed by atoms with Gasteiger partial charge in [-0.05, 0) is 90.4 Å². The van der Waals surface area contributed by atoms with Crippen molar-refractivity contribution in [3.8, 4) is 5.75 Å². The number of allylic oxidation sites excluding steroid dienone is 2. The van der Waals surface area contributed by atoms with Crippen LogP contribution >= 0.6 is 11.6 Å². The lowest BCUT2D eigenvalue weighted by molar-refractivity contribution is -0.147. The minimum absolute atomic E-state index is 0.259. The van der Waals surface area contributed by atoms with E-state index in [9.17, 15) is 4.79 Å². The summed E-state index contributed by atoms with van der Waals surface area (Å²) in [7, 11) is 3.12. The molecule has 6 rings (SSSR count). The van der Waals surface area contributed by atoms with Gasteiger partial charge in [-0.15, -0.1) is 0 Å². The Morgan fingerprint density at radius 3 is 2.42 bits per heavy atom. The van der Waals surface area contributed by atoms with Gasteiger partial charge in [0.2, 0.25) is 0 Å². The van der Waals surface area contributed by atoms with Gasteiger partial charge in [0.25, 0.3) is 0 Å². The average molecular weight is 621 g/mol. The Labute approximate surface area is 269 Å². The number of carbonyl (C=O) groups excluding carboxylic acids is 1. The molecule has 1 saturated carbocycles. The molecule has 0 bridgehead atoms. The summed E-state index contributed by atoms with van der Waals surface area (Å²) in [5.41, 5.74) is 6.33. The van der Waals surface area contributed by atoms with E-state index in [0.29, 0.717) is 31.1 Å². The Balaban J connectivity index is 1.31. The van der Waals surface area contributed by atoms with Crippen LogP contribution in [-0.4, -0.2) is 37.3 Å². The van der Waals surface area contributed by atoms with Crippen molar-refractivity contribution >= 4 is 34.9 Å². The summed E-state index contributed by atoms with van der Waals surface area (Å²) in [5, 5.41) is 4.13. The summed E-state index contributed by atoms with van der Waals surface area (Å²) in [5.74, 6) is 0.558. The van der Waals surface area contributed by atoms with Crippen LogP contribution in [0.2, 0.25) is 5.02 Å². The van der Waals surface area contributed by atoms with Gasteiger partial charge in [-0.1, -0.05) is 72.3 Å². The number of aromatic nitrogens is 1. The number of pyridine rings is 1. The number of rotatable bonds is 10. The van der Waals surface area contributed by atoms with Gasteiger partial charge < -0.3 is 19.5 Å². The van der Waals surface area contributed by atoms with Crippen molar-refractivity contribution in [3.63, 3.8) is 0 Å². The van der Waals surface area contributed by atoms with Gasteiger partial charge in [-0.2, -0.15) is 0 Å². The summed E-state index contributed by atoms with van der Waals surface area (Å²) in [4.78, 5) is 18.1. The molecule has 3 aromatic carbocycles. The van der Waals surface area contributed by atoms with Gasteiger partial charge >= 0.3 is 5.97 Å². The van der Waals surface area contributed by atoms with E-state index in [1.165, 1.54) is 23.8 Å². The summed E-state index contributed by atoms with van der Waals surface area (Å²) in [6.07, 6.45) is 9.07. The van der Waals surface area contributed by atoms with E-state index >= 15 is 0 Å². The van der Waals surface area contributed by atoms with Gasteiger partial charge in [0.05, 0.1) is 33.1 Å². The van der Waals surface area contributed by atoms with E-state index in [-0.39, 0.29) is 11.4 Å². The van der Waals surface area contributed by atoms with Gasteiger partial charge in [0.15, 0.2) is 0 Å². The topological polar surface area (TPSA) is 69.7 Å². The first-order valence-electron chi connectivity index (χ1n) is 15.2. The zero-order valence-corrected chi connectivity index (χ0v) is 26.3. The number of nitrogens with zero attached hydrogens (tertiary/aromatic N) is 1. The molecule has 6 nitrogen and oxygen atoms in total. The van der Waals surface area contributed by atoms with E-state index in [2.05, 4.69) is 46.7 Å². The fraction of sp³-hybridized carbons (Fsp3) is 0.263. The lowest BCUT2D eigenvalue weighted by atomic mass is 9.62. The van der Waals surface area contributed by atoms with Crippen molar-refractivity contribution in [1.29, 1.82) is 0 Å². The lowest BCUT2D eigenvalue weighted by Gasteiger charge is -2.45. The fourth-order valence-electron chi connectivity index (χ4n) is 6.71. The molecule has 45 heavy (non-hydrogen) atoms. The second-order valence-corrected chi connectivity index (χ2v) is 12.1. The molecule has 0 atom stereocenters. The van der Waals surface area contributed by atoms with Gasteiger partial charge in [-0.25, -0.2) is 4.79 Å². The highest BCUT2D eigenvalue weighted by atomic mass is 35.5. The Kier molecular flexibility index (Phi) is 9.06. The van der Waals surface area contributed by atoms with Crippen LogP contribution in [0.1, 0.15) is 48.1 Å². The predicted molar refractivity (Wildman–Crippen MR) is 179 cm³/mol. The Morgan fingerprint density at radius 1 is 0.933 bits per heavy atom. The lowest BCUT2D eigenvalue weighted by Crippen LogP contribution is -2.52. The van der Waals surface area contributed by atoms with Crippen molar-refractivity contribution in [2.24, 2.45) is 0 Å². The summed E-state index contributed by atoms with van der Waals surface area (Å²) < 4.78 is 16.9. The largest absolute Gasteiger partial charge is 0.497 e. The van der Waals surface area contributed by atoms with E-state index < -0.39 is 5.54 Å². The molecule has 2 aliphatic carbocycles. The maximum atomic E-state index is 13.4. The highest BCUT2D eigenvalue weighted by Gasteiger charge is 2.51. The molecule has 0 saturated heterocycles. The Hall–Kier alpha value is -4.39. The van der Waals surface area contributed by atoms with Crippen LogP contribution in [0.15, 0.2) is 109 Å². The molecular weight excluding hydrogens is 584 g/mol. The number of esters is 1. The molecule has 0 amide bonds. The minimum atomic E-state index is -0.859. The molecule has 7 heteroatoms. The third-order valence-electron chi connectivity index (χ3n) is 9.09. The van der Waals surface area contributed by atoms with E-state index in [0.717, 1.165) is 41.1 Å². The molecule has 230 valence electrons. The van der Waals surface area contributed by atoms with Crippen molar-refractivity contribution in [1.82, 2.24) is 4.98 Å².